The van der Waals surface area contributed by atoms with E-state index in [1.807, 2.05) is 6.92 Å². The zero-order valence-electron chi connectivity index (χ0n) is 10.3. The molecule has 0 spiro atoms. The first kappa shape index (κ1) is 12.1. The Balaban J connectivity index is 1.75. The van der Waals surface area contributed by atoms with Crippen LogP contribution in [0.25, 0.3) is 0 Å². The van der Waals surface area contributed by atoms with Crippen molar-refractivity contribution in [3.63, 3.8) is 0 Å². The first-order valence-electron chi connectivity index (χ1n) is 6.26. The van der Waals surface area contributed by atoms with Gasteiger partial charge < -0.3 is 15.4 Å². The molecule has 2 rings (SSSR count). The van der Waals surface area contributed by atoms with Crippen molar-refractivity contribution in [2.75, 3.05) is 36.9 Å². The van der Waals surface area contributed by atoms with E-state index in [2.05, 4.69) is 20.6 Å². The predicted molar refractivity (Wildman–Crippen MR) is 68.2 cm³/mol. The Kier molecular flexibility index (Phi) is 4.55. The summed E-state index contributed by atoms with van der Waals surface area (Å²) in [7, 11) is 0. The molecule has 1 aliphatic rings. The van der Waals surface area contributed by atoms with Gasteiger partial charge in [0.25, 0.3) is 0 Å². The van der Waals surface area contributed by atoms with Crippen molar-refractivity contribution in [1.82, 2.24) is 9.97 Å². The summed E-state index contributed by atoms with van der Waals surface area (Å²) in [5.41, 5.74) is 0. The summed E-state index contributed by atoms with van der Waals surface area (Å²) in [6.07, 6.45) is 5.81. The highest BCUT2D eigenvalue weighted by Crippen LogP contribution is 2.16. The predicted octanol–water partition coefficient (Wildman–Crippen LogP) is 1.75. The van der Waals surface area contributed by atoms with E-state index in [1.54, 1.807) is 12.4 Å². The van der Waals surface area contributed by atoms with Crippen molar-refractivity contribution in [3.8, 4) is 0 Å². The first-order chi connectivity index (χ1) is 8.38. The number of aromatic nitrogens is 2. The quantitative estimate of drug-likeness (QED) is 0.788. The van der Waals surface area contributed by atoms with E-state index >= 15 is 0 Å². The SMILES string of the molecule is CCNc1cncc(NCCC2CCOC2)n1. The van der Waals surface area contributed by atoms with Crippen LogP contribution in [0.2, 0.25) is 0 Å². The van der Waals surface area contributed by atoms with Crippen molar-refractivity contribution < 1.29 is 4.74 Å². The topological polar surface area (TPSA) is 59.1 Å². The molecule has 2 N–H and O–H groups in total. The molecule has 1 unspecified atom stereocenters. The molecular formula is C12H20N4O. The Morgan fingerprint density at radius 3 is 2.88 bits per heavy atom. The van der Waals surface area contributed by atoms with Gasteiger partial charge in [0.05, 0.1) is 12.4 Å². The minimum atomic E-state index is 0.701. The van der Waals surface area contributed by atoms with Crippen LogP contribution < -0.4 is 10.6 Å². The molecule has 1 aliphatic heterocycles. The van der Waals surface area contributed by atoms with Gasteiger partial charge >= 0.3 is 0 Å². The molecule has 0 amide bonds. The van der Waals surface area contributed by atoms with Gasteiger partial charge in [0.2, 0.25) is 0 Å². The van der Waals surface area contributed by atoms with E-state index in [4.69, 9.17) is 4.74 Å². The molecule has 1 aromatic heterocycles. The molecule has 1 atom stereocenters. The average molecular weight is 236 g/mol. The lowest BCUT2D eigenvalue weighted by atomic mass is 10.1. The maximum atomic E-state index is 5.35. The zero-order chi connectivity index (χ0) is 11.9. The summed E-state index contributed by atoms with van der Waals surface area (Å²) in [6, 6.07) is 0. The number of rotatable bonds is 6. The molecule has 1 fully saturated rings. The Morgan fingerprint density at radius 2 is 2.18 bits per heavy atom. The van der Waals surface area contributed by atoms with Crippen LogP contribution in [0.15, 0.2) is 12.4 Å². The summed E-state index contributed by atoms with van der Waals surface area (Å²) in [5.74, 6) is 2.36. The van der Waals surface area contributed by atoms with E-state index in [0.29, 0.717) is 5.92 Å². The maximum Gasteiger partial charge on any atom is 0.146 e. The molecule has 0 aromatic carbocycles. The highest BCUT2D eigenvalue weighted by atomic mass is 16.5. The highest BCUT2D eigenvalue weighted by Gasteiger charge is 2.14. The van der Waals surface area contributed by atoms with Crippen LogP contribution in [0.1, 0.15) is 19.8 Å². The third kappa shape index (κ3) is 3.85. The lowest BCUT2D eigenvalue weighted by Gasteiger charge is -2.10. The molecule has 5 nitrogen and oxygen atoms in total. The first-order valence-corrected chi connectivity index (χ1v) is 6.26. The molecule has 0 radical (unpaired) electrons. The van der Waals surface area contributed by atoms with Gasteiger partial charge in [0, 0.05) is 26.3 Å². The zero-order valence-corrected chi connectivity index (χ0v) is 10.3. The Labute approximate surface area is 102 Å². The second-order valence-electron chi connectivity index (χ2n) is 4.26. The van der Waals surface area contributed by atoms with E-state index < -0.39 is 0 Å². The van der Waals surface area contributed by atoms with Gasteiger partial charge in [0.1, 0.15) is 11.6 Å². The molecule has 5 heteroatoms. The van der Waals surface area contributed by atoms with Crippen LogP contribution in [0.5, 0.6) is 0 Å². The fraction of sp³-hybridized carbons (Fsp3) is 0.667. The lowest BCUT2D eigenvalue weighted by Crippen LogP contribution is -2.11. The van der Waals surface area contributed by atoms with Gasteiger partial charge in [-0.15, -0.1) is 0 Å². The van der Waals surface area contributed by atoms with Crippen LogP contribution >= 0.6 is 0 Å². The van der Waals surface area contributed by atoms with Crippen molar-refractivity contribution in [1.29, 1.82) is 0 Å². The molecule has 0 saturated carbocycles. The summed E-state index contributed by atoms with van der Waals surface area (Å²) < 4.78 is 5.35. The van der Waals surface area contributed by atoms with Gasteiger partial charge in [-0.2, -0.15) is 0 Å². The molecule has 1 aromatic rings. The van der Waals surface area contributed by atoms with Gasteiger partial charge in [-0.25, -0.2) is 4.98 Å². The standard InChI is InChI=1S/C12H20N4O/c1-2-14-11-7-13-8-12(16-11)15-5-3-10-4-6-17-9-10/h7-8,10H,2-6,9H2,1H3,(H2,14,15,16). The van der Waals surface area contributed by atoms with Crippen LogP contribution in [-0.4, -0.2) is 36.3 Å². The van der Waals surface area contributed by atoms with E-state index in [-0.39, 0.29) is 0 Å². The number of hydrogen-bond acceptors (Lipinski definition) is 5. The second kappa shape index (κ2) is 6.39. The Morgan fingerprint density at radius 1 is 1.35 bits per heavy atom. The number of ether oxygens (including phenoxy) is 1. The van der Waals surface area contributed by atoms with Crippen LogP contribution in [-0.2, 0) is 4.74 Å². The van der Waals surface area contributed by atoms with Crippen LogP contribution in [0.4, 0.5) is 11.6 Å². The fourth-order valence-corrected chi connectivity index (χ4v) is 1.93. The third-order valence-corrected chi connectivity index (χ3v) is 2.88. The van der Waals surface area contributed by atoms with Crippen LogP contribution in [0.3, 0.4) is 0 Å². The highest BCUT2D eigenvalue weighted by molar-refractivity contribution is 5.41. The summed E-state index contributed by atoms with van der Waals surface area (Å²) in [4.78, 5) is 8.55. The molecule has 0 bridgehead atoms. The number of nitrogens with one attached hydrogen (secondary N) is 2. The minimum absolute atomic E-state index is 0.701. The summed E-state index contributed by atoms with van der Waals surface area (Å²) >= 11 is 0. The number of nitrogens with zero attached hydrogens (tertiary/aromatic N) is 2. The number of hydrogen-bond donors (Lipinski definition) is 2. The normalized spacial score (nSPS) is 19.2. The largest absolute Gasteiger partial charge is 0.381 e. The number of anilines is 2. The maximum absolute atomic E-state index is 5.35. The van der Waals surface area contributed by atoms with Crippen molar-refractivity contribution in [2.24, 2.45) is 5.92 Å². The van der Waals surface area contributed by atoms with E-state index in [9.17, 15) is 0 Å². The van der Waals surface area contributed by atoms with Gasteiger partial charge in [-0.1, -0.05) is 0 Å². The van der Waals surface area contributed by atoms with Crippen LogP contribution in [0, 0.1) is 5.92 Å². The molecule has 17 heavy (non-hydrogen) atoms. The minimum Gasteiger partial charge on any atom is -0.381 e. The van der Waals surface area contributed by atoms with Gasteiger partial charge in [0.15, 0.2) is 0 Å². The lowest BCUT2D eigenvalue weighted by molar-refractivity contribution is 0.185. The Bertz CT molecular complexity index is 339. The summed E-state index contributed by atoms with van der Waals surface area (Å²) in [6.45, 7) is 5.66. The van der Waals surface area contributed by atoms with Crippen molar-refractivity contribution in [3.05, 3.63) is 12.4 Å². The smallest absolute Gasteiger partial charge is 0.146 e. The summed E-state index contributed by atoms with van der Waals surface area (Å²) in [5, 5.41) is 6.45. The fourth-order valence-electron chi connectivity index (χ4n) is 1.93. The molecular weight excluding hydrogens is 216 g/mol. The molecule has 2 heterocycles. The monoisotopic (exact) mass is 236 g/mol. The second-order valence-corrected chi connectivity index (χ2v) is 4.26. The Hall–Kier alpha value is -1.36. The third-order valence-electron chi connectivity index (χ3n) is 2.88. The van der Waals surface area contributed by atoms with Crippen molar-refractivity contribution >= 4 is 11.6 Å². The van der Waals surface area contributed by atoms with Gasteiger partial charge in [-0.05, 0) is 25.7 Å². The van der Waals surface area contributed by atoms with E-state index in [1.165, 1.54) is 6.42 Å². The van der Waals surface area contributed by atoms with Gasteiger partial charge in [-0.3, -0.25) is 4.98 Å². The molecule has 1 saturated heterocycles. The van der Waals surface area contributed by atoms with E-state index in [0.717, 1.165) is 44.4 Å². The molecule has 0 aliphatic carbocycles. The average Bonchev–Trinajstić information content (AvgIpc) is 2.83. The molecule has 94 valence electrons. The van der Waals surface area contributed by atoms with Crippen molar-refractivity contribution in [2.45, 2.75) is 19.8 Å².